The van der Waals surface area contributed by atoms with Crippen molar-refractivity contribution in [1.29, 1.82) is 0 Å². The largest absolute Gasteiger partial charge is 0.497 e. The monoisotopic (exact) mass is 1090 g/mol. The van der Waals surface area contributed by atoms with E-state index in [1.807, 2.05) is 0 Å². The molecule has 1 aliphatic rings. The van der Waals surface area contributed by atoms with Gasteiger partial charge in [0, 0.05) is 50.1 Å². The number of nitrogens with one attached hydrogen (secondary N) is 4. The van der Waals surface area contributed by atoms with Crippen LogP contribution in [0.3, 0.4) is 0 Å². The lowest BCUT2D eigenvalue weighted by Gasteiger charge is -2.37. The average Bonchev–Trinajstić information content (AvgIpc) is 3.90. The predicted octanol–water partition coefficient (Wildman–Crippen LogP) is 0.231. The van der Waals surface area contributed by atoms with Crippen LogP contribution in [0, 0.1) is 32.1 Å². The molecule has 4 rings (SSSR count). The van der Waals surface area contributed by atoms with Gasteiger partial charge < -0.3 is 58.3 Å². The normalized spacial score (nSPS) is 15.0. The number of primary amides is 1. The lowest BCUT2D eigenvalue weighted by Crippen LogP contribution is -2.63. The van der Waals surface area contributed by atoms with E-state index in [9.17, 15) is 53.8 Å². The highest BCUT2D eigenvalue weighted by molar-refractivity contribution is 6.12. The Hall–Kier alpha value is -8.76. The molecule has 0 saturated carbocycles. The van der Waals surface area contributed by atoms with Gasteiger partial charge in [-0.1, -0.05) is 27.7 Å². The van der Waals surface area contributed by atoms with Crippen molar-refractivity contribution in [3.8, 4) is 5.75 Å². The lowest BCUT2D eigenvalue weighted by molar-refractivity contribution is -0.393. The topological polar surface area (TPSA) is 437 Å². The van der Waals surface area contributed by atoms with Crippen molar-refractivity contribution < 1.29 is 57.4 Å². The van der Waals surface area contributed by atoms with Crippen molar-refractivity contribution in [2.75, 3.05) is 43.5 Å². The maximum absolute atomic E-state index is 15.4. The van der Waals surface area contributed by atoms with Gasteiger partial charge in [0.1, 0.15) is 53.3 Å². The second-order valence-corrected chi connectivity index (χ2v) is 19.3. The van der Waals surface area contributed by atoms with E-state index in [0.717, 1.165) is 30.0 Å². The number of carbonyl (C=O) groups is 8. The summed E-state index contributed by atoms with van der Waals surface area (Å²) < 4.78 is 10.7. The van der Waals surface area contributed by atoms with Gasteiger partial charge in [0.25, 0.3) is 23.2 Å². The molecule has 0 bridgehead atoms. The summed E-state index contributed by atoms with van der Waals surface area (Å²) in [7, 11) is 1.34. The van der Waals surface area contributed by atoms with Crippen molar-refractivity contribution in [2.24, 2.45) is 39.8 Å². The molecule has 1 fully saturated rings. The number of anilines is 2. The number of hydrogen-bond donors (Lipinski definition) is 8. The molecule has 12 N–H and O–H groups in total. The van der Waals surface area contributed by atoms with Gasteiger partial charge in [-0.2, -0.15) is 0 Å². The molecule has 424 valence electrons. The number of amides is 8. The highest BCUT2D eigenvalue weighted by atomic mass is 16.6. The Morgan fingerprint density at radius 2 is 1.55 bits per heavy atom. The Balaban J connectivity index is 1.81. The molecule has 29 heteroatoms. The third-order valence-electron chi connectivity index (χ3n) is 12.5. The second-order valence-electron chi connectivity index (χ2n) is 19.3. The number of methoxy groups -OCH3 is 1. The summed E-state index contributed by atoms with van der Waals surface area (Å²) in [6.45, 7) is 8.19. The molecule has 78 heavy (non-hydrogen) atoms. The van der Waals surface area contributed by atoms with Crippen molar-refractivity contribution >= 4 is 86.9 Å². The van der Waals surface area contributed by atoms with Gasteiger partial charge in [0.15, 0.2) is 5.96 Å². The molecular weight excluding hydrogens is 1020 g/mol. The summed E-state index contributed by atoms with van der Waals surface area (Å²) in [4.78, 5) is 154. The zero-order valence-electron chi connectivity index (χ0n) is 44.3. The van der Waals surface area contributed by atoms with Crippen LogP contribution < -0.4 is 59.5 Å². The molecule has 2 heterocycles. The van der Waals surface area contributed by atoms with Gasteiger partial charge in [-0.3, -0.25) is 73.4 Å². The number of nitro benzene ring substituents is 2. The SMILES string of the molecule is COc1ccc2c(N(C(=O)[C@H](C)N(C(=O)[C@H](CC(C)C)NC(=O)CNC(=O)[C@H](CC(C)C)NC(=O)[C@@H]3CCCN3C(C)=O)C(=O)[C@@H](N)CNc3ccc([N+](=O)[O-])cc3[N+](=O)[O-])[C@@H](CCCN=C(N)N)C(N)=O)cc(=O)oc2c1. The number of carbonyl (C=O) groups excluding carboxylic acids is 8. The minimum atomic E-state index is -2.00. The molecule has 0 unspecified atom stereocenters. The summed E-state index contributed by atoms with van der Waals surface area (Å²) in [5.41, 5.74) is 20.3. The number of non-ortho nitro benzene ring substituents is 1. The van der Waals surface area contributed by atoms with Gasteiger partial charge in [0.2, 0.25) is 35.4 Å². The van der Waals surface area contributed by atoms with E-state index in [2.05, 4.69) is 26.3 Å². The number of likely N-dealkylation sites (tertiary alicyclic amines) is 1. The summed E-state index contributed by atoms with van der Waals surface area (Å²) in [5.74, 6) is -8.12. The number of imide groups is 1. The molecule has 1 aromatic heterocycles. The quantitative estimate of drug-likeness (QED) is 0.0126. The lowest BCUT2D eigenvalue weighted by atomic mass is 10.00. The summed E-state index contributed by atoms with van der Waals surface area (Å²) in [5, 5.41) is 33.7. The van der Waals surface area contributed by atoms with Crippen LogP contribution >= 0.6 is 0 Å². The van der Waals surface area contributed by atoms with Gasteiger partial charge in [-0.25, -0.2) is 4.79 Å². The van der Waals surface area contributed by atoms with Gasteiger partial charge >= 0.3 is 5.63 Å². The number of benzene rings is 2. The minimum Gasteiger partial charge on any atom is -0.497 e. The maximum atomic E-state index is 15.4. The number of nitro groups is 2. The number of hydrogen-bond acceptors (Lipinski definition) is 18. The van der Waals surface area contributed by atoms with Crippen LogP contribution in [0.4, 0.5) is 22.7 Å². The molecule has 0 spiro atoms. The molecule has 1 aliphatic heterocycles. The zero-order chi connectivity index (χ0) is 58.3. The van der Waals surface area contributed by atoms with Crippen molar-refractivity contribution in [3.63, 3.8) is 0 Å². The maximum Gasteiger partial charge on any atom is 0.338 e. The first-order valence-corrected chi connectivity index (χ1v) is 24.9. The van der Waals surface area contributed by atoms with E-state index in [1.54, 1.807) is 27.7 Å². The van der Waals surface area contributed by atoms with Crippen molar-refractivity contribution in [2.45, 2.75) is 116 Å². The van der Waals surface area contributed by atoms with E-state index >= 15 is 9.59 Å². The Kier molecular flexibility index (Phi) is 22.1. The van der Waals surface area contributed by atoms with Crippen LogP contribution in [0.1, 0.15) is 80.1 Å². The van der Waals surface area contributed by atoms with Crippen LogP contribution in [0.25, 0.3) is 11.0 Å². The van der Waals surface area contributed by atoms with Crippen LogP contribution in [-0.4, -0.2) is 142 Å². The molecule has 1 saturated heterocycles. The van der Waals surface area contributed by atoms with Crippen LogP contribution in [0.5, 0.6) is 5.75 Å². The van der Waals surface area contributed by atoms with Crippen LogP contribution in [0.2, 0.25) is 0 Å². The second kappa shape index (κ2) is 27.9. The molecule has 3 aromatic rings. The summed E-state index contributed by atoms with van der Waals surface area (Å²) in [6, 6.07) is -1.47. The zero-order valence-corrected chi connectivity index (χ0v) is 44.3. The molecule has 29 nitrogen and oxygen atoms in total. The number of guanidine groups is 1. The van der Waals surface area contributed by atoms with Gasteiger partial charge in [0.05, 0.1) is 35.3 Å². The number of nitrogens with two attached hydrogens (primary N) is 4. The number of nitrogens with zero attached hydrogens (tertiary/aromatic N) is 6. The average molecular weight is 1090 g/mol. The highest BCUT2D eigenvalue weighted by Gasteiger charge is 2.43. The number of ether oxygens (including phenoxy) is 1. The number of rotatable bonds is 27. The first-order valence-electron chi connectivity index (χ1n) is 24.9. The van der Waals surface area contributed by atoms with Crippen molar-refractivity contribution in [1.82, 2.24) is 25.8 Å². The summed E-state index contributed by atoms with van der Waals surface area (Å²) >= 11 is 0. The van der Waals surface area contributed by atoms with Crippen molar-refractivity contribution in [3.05, 3.63) is 73.1 Å². The molecule has 8 amide bonds. The smallest absolute Gasteiger partial charge is 0.338 e. The molecular formula is C49H68N14O15. The van der Waals surface area contributed by atoms with E-state index in [4.69, 9.17) is 32.1 Å². The molecule has 6 atom stereocenters. The molecule has 0 aliphatic carbocycles. The highest BCUT2D eigenvalue weighted by Crippen LogP contribution is 2.33. The van der Waals surface area contributed by atoms with E-state index < -0.39 is 123 Å². The third kappa shape index (κ3) is 16.4. The predicted molar refractivity (Wildman–Crippen MR) is 283 cm³/mol. The first-order chi connectivity index (χ1) is 36.7. The van der Waals surface area contributed by atoms with Gasteiger partial charge in [-0.15, -0.1) is 0 Å². The van der Waals surface area contributed by atoms with Crippen LogP contribution in [0.15, 0.2) is 56.7 Å². The number of fused-ring (bicyclic) bond motifs is 1. The Morgan fingerprint density at radius 1 is 0.885 bits per heavy atom. The Labute approximate surface area is 447 Å². The minimum absolute atomic E-state index is 0.00632. The summed E-state index contributed by atoms with van der Waals surface area (Å²) in [6.07, 6.45) is 0.621. The molecule has 2 aromatic carbocycles. The van der Waals surface area contributed by atoms with E-state index in [-0.39, 0.29) is 78.1 Å². The Morgan fingerprint density at radius 3 is 2.14 bits per heavy atom. The Bertz CT molecular complexity index is 2850. The third-order valence-corrected chi connectivity index (χ3v) is 12.5. The van der Waals surface area contributed by atoms with E-state index in [1.165, 1.54) is 37.1 Å². The first kappa shape index (κ1) is 61.8. The van der Waals surface area contributed by atoms with Crippen LogP contribution in [-0.2, 0) is 38.4 Å². The standard InChI is InChI=1S/C49H68N14O15/c1-25(2)18-34(58-45(69)37-11-9-17-59(37)28(6)64)44(68)56-24-41(65)57-35(19-26(3)4)48(72)60(47(71)32(50)23-55-33-15-12-29(62(73)74)20-39(33)63(75)76)27(5)46(70)61(36(43(51)67)10-8-16-54-49(52)53)38-22-42(66)78-40-21-30(77-7)13-14-31(38)40/h12-15,20-22,25-27,32,34-37,55H,8-11,16-19,23-24,50H2,1-7H3,(H2,51,67)(H,56,68)(H,57,65)(H,58,69)(H4,52,53,54)/t27-,32-,34-,35-,36-,37-/m0/s1. The fourth-order valence-electron chi connectivity index (χ4n) is 8.79. The fourth-order valence-corrected chi connectivity index (χ4v) is 8.79. The van der Waals surface area contributed by atoms with E-state index in [0.29, 0.717) is 30.4 Å². The molecule has 0 radical (unpaired) electrons. The van der Waals surface area contributed by atoms with Gasteiger partial charge in [-0.05, 0) is 75.5 Å². The number of aliphatic imine (C=N–C) groups is 1. The fraction of sp³-hybridized carbons (Fsp3) is 0.510.